The second-order valence-corrected chi connectivity index (χ2v) is 4.47. The molecule has 0 aliphatic carbocycles. The number of carboxylic acids is 1. The van der Waals surface area contributed by atoms with Crippen molar-refractivity contribution in [3.63, 3.8) is 0 Å². The predicted octanol–water partition coefficient (Wildman–Crippen LogP) is 2.13. The van der Waals surface area contributed by atoms with Crippen molar-refractivity contribution in [3.8, 4) is 17.1 Å². The van der Waals surface area contributed by atoms with Crippen molar-refractivity contribution < 1.29 is 19.4 Å². The summed E-state index contributed by atoms with van der Waals surface area (Å²) < 4.78 is 5.52. The van der Waals surface area contributed by atoms with Crippen LogP contribution in [0, 0.1) is 0 Å². The number of aromatic amines is 1. The monoisotopic (exact) mass is 274 g/mol. The molecule has 2 rings (SSSR count). The van der Waals surface area contributed by atoms with E-state index in [1.54, 1.807) is 24.3 Å². The maximum absolute atomic E-state index is 11.3. The number of hydrogen-bond donors (Lipinski definition) is 2. The number of nitrogens with one attached hydrogen (secondary N) is 1. The van der Waals surface area contributed by atoms with Crippen LogP contribution in [-0.4, -0.2) is 32.9 Å². The van der Waals surface area contributed by atoms with Gasteiger partial charge in [0, 0.05) is 5.56 Å². The number of carbonyl (C=O) groups is 2. The lowest BCUT2D eigenvalue weighted by molar-refractivity contribution is -0.131. The van der Waals surface area contributed by atoms with Gasteiger partial charge in [0.05, 0.1) is 12.3 Å². The van der Waals surface area contributed by atoms with Gasteiger partial charge in [0.2, 0.25) is 0 Å². The third-order valence-electron chi connectivity index (χ3n) is 2.51. The molecular formula is C14H14N2O4. The van der Waals surface area contributed by atoms with E-state index >= 15 is 0 Å². The first-order valence-corrected chi connectivity index (χ1v) is 6.07. The van der Waals surface area contributed by atoms with Crippen LogP contribution in [0.5, 0.6) is 5.75 Å². The van der Waals surface area contributed by atoms with E-state index in [0.717, 1.165) is 11.3 Å². The van der Waals surface area contributed by atoms with Crippen LogP contribution in [-0.2, 0) is 4.79 Å². The Kier molecular flexibility index (Phi) is 3.84. The molecule has 0 spiro atoms. The fourth-order valence-corrected chi connectivity index (χ4v) is 1.66. The molecular weight excluding hydrogens is 260 g/mol. The Bertz CT molecular complexity index is 629. The zero-order valence-electron chi connectivity index (χ0n) is 11.1. The van der Waals surface area contributed by atoms with E-state index in [9.17, 15) is 9.59 Å². The number of Topliss-reactive ketones (excluding diaryl/α,β-unsaturated/α-hetero) is 1. The van der Waals surface area contributed by atoms with E-state index < -0.39 is 11.8 Å². The fraction of sp³-hybridized carbons (Fsp3) is 0.214. The number of ether oxygens (including phenoxy) is 1. The van der Waals surface area contributed by atoms with Crippen molar-refractivity contribution in [1.82, 2.24) is 9.97 Å². The number of imidazole rings is 1. The Hall–Kier alpha value is -2.63. The predicted molar refractivity (Wildman–Crippen MR) is 71.8 cm³/mol. The molecule has 1 heterocycles. The Balaban J connectivity index is 2.20. The summed E-state index contributed by atoms with van der Waals surface area (Å²) in [5.74, 6) is -1.35. The molecule has 6 heteroatoms. The van der Waals surface area contributed by atoms with Crippen LogP contribution in [0.4, 0.5) is 0 Å². The molecule has 0 fully saturated rings. The maximum Gasteiger partial charge on any atom is 0.378 e. The summed E-state index contributed by atoms with van der Waals surface area (Å²) in [6, 6.07) is 7.14. The van der Waals surface area contributed by atoms with Gasteiger partial charge in [0.15, 0.2) is 0 Å². The smallest absolute Gasteiger partial charge is 0.378 e. The number of ketones is 1. The zero-order valence-corrected chi connectivity index (χ0v) is 11.1. The first-order valence-electron chi connectivity index (χ1n) is 6.07. The van der Waals surface area contributed by atoms with E-state index in [0.29, 0.717) is 5.82 Å². The second-order valence-electron chi connectivity index (χ2n) is 4.47. The second kappa shape index (κ2) is 5.56. The number of H-pyrrole nitrogens is 1. The van der Waals surface area contributed by atoms with Gasteiger partial charge in [0.1, 0.15) is 17.3 Å². The molecule has 104 valence electrons. The van der Waals surface area contributed by atoms with E-state index in [2.05, 4.69) is 9.97 Å². The highest BCUT2D eigenvalue weighted by atomic mass is 16.5. The van der Waals surface area contributed by atoms with E-state index in [-0.39, 0.29) is 11.8 Å². The fourth-order valence-electron chi connectivity index (χ4n) is 1.66. The van der Waals surface area contributed by atoms with Gasteiger partial charge in [-0.1, -0.05) is 0 Å². The minimum absolute atomic E-state index is 0.0463. The van der Waals surface area contributed by atoms with Gasteiger partial charge in [-0.05, 0) is 38.1 Å². The number of aliphatic carboxylic acids is 1. The van der Waals surface area contributed by atoms with Crippen molar-refractivity contribution in [3.05, 3.63) is 36.2 Å². The summed E-state index contributed by atoms with van der Waals surface area (Å²) in [7, 11) is 0. The molecule has 1 aromatic carbocycles. The lowest BCUT2D eigenvalue weighted by atomic mass is 10.2. The highest BCUT2D eigenvalue weighted by Crippen LogP contribution is 2.20. The third kappa shape index (κ3) is 3.03. The Labute approximate surface area is 115 Å². The minimum atomic E-state index is -1.51. The van der Waals surface area contributed by atoms with Crippen molar-refractivity contribution in [2.24, 2.45) is 0 Å². The molecule has 0 atom stereocenters. The van der Waals surface area contributed by atoms with Crippen LogP contribution < -0.4 is 4.74 Å². The lowest BCUT2D eigenvalue weighted by Gasteiger charge is -2.09. The third-order valence-corrected chi connectivity index (χ3v) is 2.51. The maximum atomic E-state index is 11.3. The standard InChI is InChI=1S/C14H14N2O4/c1-8(2)20-10-5-3-9(4-6-10)13-15-7-11(16-13)12(17)14(18)19/h3-8H,1-2H3,(H,15,16)(H,18,19). The summed E-state index contributed by atoms with van der Waals surface area (Å²) >= 11 is 0. The molecule has 2 N–H and O–H groups in total. The van der Waals surface area contributed by atoms with Crippen molar-refractivity contribution in [2.75, 3.05) is 0 Å². The number of benzene rings is 1. The molecule has 0 amide bonds. The molecule has 0 bridgehead atoms. The molecule has 0 radical (unpaired) electrons. The largest absolute Gasteiger partial charge is 0.491 e. The van der Waals surface area contributed by atoms with Gasteiger partial charge in [0.25, 0.3) is 5.78 Å². The molecule has 0 aliphatic rings. The SMILES string of the molecule is CC(C)Oc1ccc(-c2ncc(C(=O)C(=O)O)[nH]2)cc1. The molecule has 0 saturated heterocycles. The highest BCUT2D eigenvalue weighted by molar-refractivity contribution is 6.39. The molecule has 20 heavy (non-hydrogen) atoms. The van der Waals surface area contributed by atoms with Crippen molar-refractivity contribution in [1.29, 1.82) is 0 Å². The Morgan fingerprint density at radius 2 is 1.90 bits per heavy atom. The number of hydrogen-bond acceptors (Lipinski definition) is 4. The average molecular weight is 274 g/mol. The topological polar surface area (TPSA) is 92.3 Å². The normalized spacial score (nSPS) is 10.6. The molecule has 0 saturated carbocycles. The Morgan fingerprint density at radius 1 is 1.25 bits per heavy atom. The van der Waals surface area contributed by atoms with Crippen molar-refractivity contribution >= 4 is 11.8 Å². The van der Waals surface area contributed by atoms with Crippen LogP contribution in [0.15, 0.2) is 30.5 Å². The summed E-state index contributed by atoms with van der Waals surface area (Å²) in [5, 5.41) is 8.62. The molecule has 2 aromatic rings. The van der Waals surface area contributed by atoms with Gasteiger partial charge < -0.3 is 14.8 Å². The van der Waals surface area contributed by atoms with Gasteiger partial charge in [-0.3, -0.25) is 4.79 Å². The van der Waals surface area contributed by atoms with Crippen LogP contribution in [0.2, 0.25) is 0 Å². The molecule has 0 aliphatic heterocycles. The first-order chi connectivity index (χ1) is 9.47. The molecule has 1 aromatic heterocycles. The molecule has 0 unspecified atom stereocenters. The highest BCUT2D eigenvalue weighted by Gasteiger charge is 2.17. The summed E-state index contributed by atoms with van der Waals surface area (Å²) in [6.45, 7) is 3.87. The number of rotatable bonds is 5. The van der Waals surface area contributed by atoms with Crippen molar-refractivity contribution in [2.45, 2.75) is 20.0 Å². The van der Waals surface area contributed by atoms with Gasteiger partial charge in [-0.25, -0.2) is 9.78 Å². The quantitative estimate of drug-likeness (QED) is 0.643. The van der Waals surface area contributed by atoms with Gasteiger partial charge >= 0.3 is 5.97 Å². The minimum Gasteiger partial charge on any atom is -0.491 e. The van der Waals surface area contributed by atoms with Crippen LogP contribution in [0.25, 0.3) is 11.4 Å². The number of aromatic nitrogens is 2. The summed E-state index contributed by atoms with van der Waals surface area (Å²) in [5.41, 5.74) is 0.695. The van der Waals surface area contributed by atoms with E-state index in [4.69, 9.17) is 9.84 Å². The zero-order chi connectivity index (χ0) is 14.7. The summed E-state index contributed by atoms with van der Waals surface area (Å²) in [6.07, 6.45) is 1.30. The molecule has 6 nitrogen and oxygen atoms in total. The van der Waals surface area contributed by atoms with Crippen LogP contribution >= 0.6 is 0 Å². The van der Waals surface area contributed by atoms with Gasteiger partial charge in [-0.2, -0.15) is 0 Å². The van der Waals surface area contributed by atoms with Crippen LogP contribution in [0.3, 0.4) is 0 Å². The Morgan fingerprint density at radius 3 is 2.45 bits per heavy atom. The average Bonchev–Trinajstić information content (AvgIpc) is 2.87. The van der Waals surface area contributed by atoms with Gasteiger partial charge in [-0.15, -0.1) is 0 Å². The number of nitrogens with zero attached hydrogens (tertiary/aromatic N) is 1. The van der Waals surface area contributed by atoms with E-state index in [1.807, 2.05) is 13.8 Å². The lowest BCUT2D eigenvalue weighted by Crippen LogP contribution is -2.12. The first kappa shape index (κ1) is 13.8. The number of carbonyl (C=O) groups excluding carboxylic acids is 1. The number of carboxylic acid groups (broad SMARTS) is 1. The summed E-state index contributed by atoms with van der Waals surface area (Å²) in [4.78, 5) is 28.5. The van der Waals surface area contributed by atoms with E-state index in [1.165, 1.54) is 6.20 Å². The van der Waals surface area contributed by atoms with Crippen LogP contribution in [0.1, 0.15) is 24.3 Å².